The maximum atomic E-state index is 11.1. The molecule has 3 N–H and O–H groups in total. The van der Waals surface area contributed by atoms with E-state index < -0.39 is 0 Å². The molecule has 5 nitrogen and oxygen atoms in total. The van der Waals surface area contributed by atoms with Crippen molar-refractivity contribution < 1.29 is 9.53 Å². The predicted octanol–water partition coefficient (Wildman–Crippen LogP) is 2.43. The van der Waals surface area contributed by atoms with E-state index in [9.17, 15) is 4.79 Å². The Kier molecular flexibility index (Phi) is 4.71. The molecule has 5 heteroatoms. The maximum absolute atomic E-state index is 11.1. The van der Waals surface area contributed by atoms with Crippen molar-refractivity contribution in [2.75, 3.05) is 18.4 Å². The van der Waals surface area contributed by atoms with E-state index in [1.54, 1.807) is 4.90 Å². The molecule has 0 unspecified atom stereocenters. The molecule has 1 fully saturated rings. The highest BCUT2D eigenvalue weighted by Crippen LogP contribution is 2.27. The van der Waals surface area contributed by atoms with Gasteiger partial charge in [0.15, 0.2) is 0 Å². The van der Waals surface area contributed by atoms with Crippen molar-refractivity contribution in [3.05, 3.63) is 24.3 Å². The van der Waals surface area contributed by atoms with Gasteiger partial charge >= 0.3 is 6.03 Å². The van der Waals surface area contributed by atoms with E-state index in [-0.39, 0.29) is 12.1 Å². The van der Waals surface area contributed by atoms with Gasteiger partial charge in [-0.25, -0.2) is 4.79 Å². The van der Waals surface area contributed by atoms with E-state index >= 15 is 0 Å². The van der Waals surface area contributed by atoms with Crippen LogP contribution >= 0.6 is 0 Å². The molecule has 0 aromatic heterocycles. The first-order valence-corrected chi connectivity index (χ1v) is 7.13. The average Bonchev–Trinajstić information content (AvgIpc) is 2.41. The molecule has 1 saturated heterocycles. The molecule has 2 amide bonds. The molecule has 20 heavy (non-hydrogen) atoms. The lowest BCUT2D eigenvalue weighted by Gasteiger charge is -2.32. The van der Waals surface area contributed by atoms with Crippen molar-refractivity contribution >= 4 is 11.7 Å². The number of amides is 2. The van der Waals surface area contributed by atoms with Crippen LogP contribution in [0.2, 0.25) is 0 Å². The minimum atomic E-state index is -0.327. The fraction of sp³-hybridized carbons (Fsp3) is 0.533. The number of piperidine rings is 1. The Morgan fingerprint density at radius 2 is 2.00 bits per heavy atom. The Hall–Kier alpha value is -1.91. The van der Waals surface area contributed by atoms with Gasteiger partial charge in [0, 0.05) is 19.1 Å². The summed E-state index contributed by atoms with van der Waals surface area (Å²) in [6, 6.07) is 7.99. The monoisotopic (exact) mass is 277 g/mol. The van der Waals surface area contributed by atoms with Gasteiger partial charge in [-0.3, -0.25) is 0 Å². The third-order valence-electron chi connectivity index (χ3n) is 3.42. The zero-order chi connectivity index (χ0) is 14.5. The Morgan fingerprint density at radius 3 is 2.60 bits per heavy atom. The highest BCUT2D eigenvalue weighted by Gasteiger charge is 2.21. The number of hydrogen-bond donors (Lipinski definition) is 2. The number of carbonyl (C=O) groups is 1. The van der Waals surface area contributed by atoms with Crippen LogP contribution < -0.4 is 15.8 Å². The van der Waals surface area contributed by atoms with Crippen LogP contribution in [0.5, 0.6) is 5.75 Å². The Balaban J connectivity index is 1.96. The highest BCUT2D eigenvalue weighted by molar-refractivity contribution is 5.72. The largest absolute Gasteiger partial charge is 0.489 e. The lowest BCUT2D eigenvalue weighted by molar-refractivity contribution is 0.193. The number of benzene rings is 1. The summed E-state index contributed by atoms with van der Waals surface area (Å²) in [4.78, 5) is 12.8. The second-order valence-electron chi connectivity index (χ2n) is 5.41. The lowest BCUT2D eigenvalue weighted by Crippen LogP contribution is -2.44. The van der Waals surface area contributed by atoms with Crippen molar-refractivity contribution in [1.29, 1.82) is 0 Å². The predicted molar refractivity (Wildman–Crippen MR) is 80.0 cm³/mol. The second-order valence-corrected chi connectivity index (χ2v) is 5.41. The molecule has 2 rings (SSSR count). The number of hydrogen-bond acceptors (Lipinski definition) is 3. The van der Waals surface area contributed by atoms with Crippen molar-refractivity contribution in [2.24, 2.45) is 5.73 Å². The smallest absolute Gasteiger partial charge is 0.314 e. The molecular formula is C15H23N3O2. The number of urea groups is 1. The van der Waals surface area contributed by atoms with Gasteiger partial charge < -0.3 is 20.7 Å². The van der Waals surface area contributed by atoms with E-state index in [2.05, 4.69) is 5.32 Å². The number of primary amides is 1. The van der Waals surface area contributed by atoms with Crippen molar-refractivity contribution in [3.8, 4) is 5.75 Å². The molecular weight excluding hydrogens is 254 g/mol. The molecule has 0 saturated carbocycles. The SMILES string of the molecule is CC(C)Oc1ccccc1NC1CCN(C(N)=O)CC1. The van der Waals surface area contributed by atoms with Crippen molar-refractivity contribution in [2.45, 2.75) is 38.8 Å². The topological polar surface area (TPSA) is 67.6 Å². The third kappa shape index (κ3) is 3.79. The Morgan fingerprint density at radius 1 is 1.35 bits per heavy atom. The van der Waals surface area contributed by atoms with Crippen LogP contribution in [0.25, 0.3) is 0 Å². The Bertz CT molecular complexity index is 454. The van der Waals surface area contributed by atoms with Crippen LogP contribution in [0, 0.1) is 0 Å². The van der Waals surface area contributed by atoms with Crippen LogP contribution in [-0.2, 0) is 0 Å². The fourth-order valence-electron chi connectivity index (χ4n) is 2.41. The maximum Gasteiger partial charge on any atom is 0.314 e. The number of likely N-dealkylation sites (tertiary alicyclic amines) is 1. The van der Waals surface area contributed by atoms with E-state index in [0.717, 1.165) is 24.3 Å². The molecule has 1 heterocycles. The first-order chi connectivity index (χ1) is 9.56. The minimum absolute atomic E-state index is 0.148. The van der Waals surface area contributed by atoms with Gasteiger partial charge in [-0.05, 0) is 38.8 Å². The van der Waals surface area contributed by atoms with Gasteiger partial charge in [0.1, 0.15) is 5.75 Å². The zero-order valence-electron chi connectivity index (χ0n) is 12.1. The first-order valence-electron chi connectivity index (χ1n) is 7.13. The molecule has 1 aliphatic rings. The average molecular weight is 277 g/mol. The standard InChI is InChI=1S/C15H23N3O2/c1-11(2)20-14-6-4-3-5-13(14)17-12-7-9-18(10-8-12)15(16)19/h3-6,11-12,17H,7-10H2,1-2H3,(H2,16,19). The molecule has 0 bridgehead atoms. The zero-order valence-corrected chi connectivity index (χ0v) is 12.1. The minimum Gasteiger partial charge on any atom is -0.489 e. The van der Waals surface area contributed by atoms with Gasteiger partial charge in [-0.15, -0.1) is 0 Å². The second kappa shape index (κ2) is 6.50. The van der Waals surface area contributed by atoms with E-state index in [4.69, 9.17) is 10.5 Å². The van der Waals surface area contributed by atoms with E-state index in [1.807, 2.05) is 38.1 Å². The van der Waals surface area contributed by atoms with Gasteiger partial charge in [0.25, 0.3) is 0 Å². The first kappa shape index (κ1) is 14.5. The Labute approximate surface area is 120 Å². The summed E-state index contributed by atoms with van der Waals surface area (Å²) in [5.41, 5.74) is 6.30. The lowest BCUT2D eigenvalue weighted by atomic mass is 10.0. The summed E-state index contributed by atoms with van der Waals surface area (Å²) >= 11 is 0. The van der Waals surface area contributed by atoms with Crippen molar-refractivity contribution in [1.82, 2.24) is 4.90 Å². The number of nitrogens with zero attached hydrogens (tertiary/aromatic N) is 1. The normalized spacial score (nSPS) is 16.2. The number of para-hydroxylation sites is 2. The number of anilines is 1. The number of carbonyl (C=O) groups excluding carboxylic acids is 1. The van der Waals surface area contributed by atoms with E-state index in [1.165, 1.54) is 0 Å². The van der Waals surface area contributed by atoms with Crippen LogP contribution in [0.15, 0.2) is 24.3 Å². The number of nitrogens with one attached hydrogen (secondary N) is 1. The summed E-state index contributed by atoms with van der Waals surface area (Å²) in [7, 11) is 0. The van der Waals surface area contributed by atoms with Gasteiger partial charge in [0.2, 0.25) is 0 Å². The highest BCUT2D eigenvalue weighted by atomic mass is 16.5. The summed E-state index contributed by atoms with van der Waals surface area (Å²) in [6.07, 6.45) is 1.95. The van der Waals surface area contributed by atoms with Gasteiger partial charge in [-0.1, -0.05) is 12.1 Å². The molecule has 0 aliphatic carbocycles. The quantitative estimate of drug-likeness (QED) is 0.888. The molecule has 1 aromatic carbocycles. The van der Waals surface area contributed by atoms with Crippen LogP contribution in [0.4, 0.5) is 10.5 Å². The van der Waals surface area contributed by atoms with Crippen molar-refractivity contribution in [3.63, 3.8) is 0 Å². The van der Waals surface area contributed by atoms with E-state index in [0.29, 0.717) is 19.1 Å². The van der Waals surface area contributed by atoms with Gasteiger partial charge in [-0.2, -0.15) is 0 Å². The van der Waals surface area contributed by atoms with Crippen LogP contribution in [-0.4, -0.2) is 36.2 Å². The van der Waals surface area contributed by atoms with Crippen LogP contribution in [0.1, 0.15) is 26.7 Å². The third-order valence-corrected chi connectivity index (χ3v) is 3.42. The molecule has 110 valence electrons. The fourth-order valence-corrected chi connectivity index (χ4v) is 2.41. The van der Waals surface area contributed by atoms with Crippen LogP contribution in [0.3, 0.4) is 0 Å². The number of ether oxygens (including phenoxy) is 1. The molecule has 0 spiro atoms. The van der Waals surface area contributed by atoms with Gasteiger partial charge in [0.05, 0.1) is 11.8 Å². The molecule has 0 atom stereocenters. The number of rotatable bonds is 4. The molecule has 1 aliphatic heterocycles. The summed E-state index contributed by atoms with van der Waals surface area (Å²) in [5.74, 6) is 0.875. The summed E-state index contributed by atoms with van der Waals surface area (Å²) in [5, 5.41) is 3.51. The molecule has 1 aromatic rings. The number of nitrogens with two attached hydrogens (primary N) is 1. The molecule has 0 radical (unpaired) electrons. The summed E-state index contributed by atoms with van der Waals surface area (Å²) < 4.78 is 5.80. The summed E-state index contributed by atoms with van der Waals surface area (Å²) in [6.45, 7) is 5.45.